The van der Waals surface area contributed by atoms with Gasteiger partial charge in [0.2, 0.25) is 0 Å². The zero-order chi connectivity index (χ0) is 18.5. The van der Waals surface area contributed by atoms with Crippen molar-refractivity contribution in [1.82, 2.24) is 9.55 Å². The highest BCUT2D eigenvalue weighted by molar-refractivity contribution is 9.10. The number of hydrogen-bond donors (Lipinski definition) is 0. The number of aromatic nitrogens is 2. The van der Waals surface area contributed by atoms with E-state index in [1.165, 1.54) is 0 Å². The average Bonchev–Trinajstić information content (AvgIpc) is 3.21. The summed E-state index contributed by atoms with van der Waals surface area (Å²) in [6.07, 6.45) is 5.28. The Hall–Kier alpha value is -2.73. The Labute approximate surface area is 161 Å². The maximum absolute atomic E-state index is 6.08. The highest BCUT2D eigenvalue weighted by Gasteiger charge is 2.12. The molecule has 0 fully saturated rings. The van der Waals surface area contributed by atoms with Crippen LogP contribution in [0.15, 0.2) is 66.2 Å². The normalized spacial score (nSPS) is 10.4. The molecule has 6 heteroatoms. The predicted octanol–water partition coefficient (Wildman–Crippen LogP) is 4.76. The summed E-state index contributed by atoms with van der Waals surface area (Å²) >= 11 is 3.56. The first kappa shape index (κ1) is 18.1. The van der Waals surface area contributed by atoms with Gasteiger partial charge in [0.05, 0.1) is 26.2 Å². The molecule has 0 saturated carbocycles. The van der Waals surface area contributed by atoms with Gasteiger partial charge in [-0.3, -0.25) is 0 Å². The summed E-state index contributed by atoms with van der Waals surface area (Å²) in [5, 5.41) is 0. The number of nitrogens with zero attached hydrogens (tertiary/aromatic N) is 2. The Morgan fingerprint density at radius 1 is 1.12 bits per heavy atom. The van der Waals surface area contributed by atoms with Crippen LogP contribution in [0, 0.1) is 0 Å². The largest absolute Gasteiger partial charge is 0.493 e. The summed E-state index contributed by atoms with van der Waals surface area (Å²) in [5.41, 5.74) is 2.65. The van der Waals surface area contributed by atoms with Crippen molar-refractivity contribution in [2.45, 2.75) is 6.61 Å². The minimum Gasteiger partial charge on any atom is -0.493 e. The number of benzene rings is 2. The lowest BCUT2D eigenvalue weighted by molar-refractivity contribution is 0.302. The summed E-state index contributed by atoms with van der Waals surface area (Å²) in [6, 6.07) is 11.6. The van der Waals surface area contributed by atoms with Crippen molar-refractivity contribution in [2.24, 2.45) is 0 Å². The summed E-state index contributed by atoms with van der Waals surface area (Å²) in [7, 11) is 3.22. The molecule has 0 bridgehead atoms. The van der Waals surface area contributed by atoms with Crippen molar-refractivity contribution < 1.29 is 14.2 Å². The Balaban J connectivity index is 1.84. The number of imidazole rings is 1. The van der Waals surface area contributed by atoms with Gasteiger partial charge in [-0.25, -0.2) is 4.98 Å². The molecule has 0 saturated heterocycles. The van der Waals surface area contributed by atoms with Crippen molar-refractivity contribution in [1.29, 1.82) is 0 Å². The van der Waals surface area contributed by atoms with Crippen molar-refractivity contribution in [2.75, 3.05) is 14.2 Å². The van der Waals surface area contributed by atoms with Gasteiger partial charge in [0.25, 0.3) is 0 Å². The molecule has 0 N–H and O–H groups in total. The maximum Gasteiger partial charge on any atom is 0.161 e. The van der Waals surface area contributed by atoms with Crippen LogP contribution in [0.2, 0.25) is 0 Å². The zero-order valence-corrected chi connectivity index (χ0v) is 16.2. The van der Waals surface area contributed by atoms with E-state index < -0.39 is 0 Å². The Morgan fingerprint density at radius 3 is 2.54 bits per heavy atom. The van der Waals surface area contributed by atoms with Gasteiger partial charge >= 0.3 is 0 Å². The van der Waals surface area contributed by atoms with Gasteiger partial charge in [-0.1, -0.05) is 34.6 Å². The van der Waals surface area contributed by atoms with E-state index in [2.05, 4.69) is 27.5 Å². The second kappa shape index (κ2) is 8.10. The van der Waals surface area contributed by atoms with E-state index in [9.17, 15) is 0 Å². The standard InChI is InChI=1S/C20H19BrN2O3/c1-14(23-9-8-22-13-23)16-6-4-5-7-18(16)26-12-15-10-19(24-2)20(25-3)11-17(15)21/h4-11,13H,1,12H2,2-3H3. The van der Waals surface area contributed by atoms with E-state index in [1.54, 1.807) is 26.7 Å². The molecule has 0 aliphatic rings. The van der Waals surface area contributed by atoms with E-state index >= 15 is 0 Å². The number of hydrogen-bond acceptors (Lipinski definition) is 4. The third kappa shape index (κ3) is 3.75. The molecular weight excluding hydrogens is 396 g/mol. The van der Waals surface area contributed by atoms with Gasteiger partial charge in [0.15, 0.2) is 11.5 Å². The maximum atomic E-state index is 6.08. The van der Waals surface area contributed by atoms with Gasteiger partial charge < -0.3 is 18.8 Å². The van der Waals surface area contributed by atoms with E-state index in [0.717, 1.165) is 27.0 Å². The van der Waals surface area contributed by atoms with Gasteiger partial charge in [0.1, 0.15) is 12.4 Å². The zero-order valence-electron chi connectivity index (χ0n) is 14.6. The van der Waals surface area contributed by atoms with Crippen molar-refractivity contribution in [3.63, 3.8) is 0 Å². The lowest BCUT2D eigenvalue weighted by atomic mass is 10.1. The second-order valence-electron chi connectivity index (χ2n) is 5.50. The third-order valence-corrected chi connectivity index (χ3v) is 4.69. The molecule has 5 nitrogen and oxygen atoms in total. The van der Waals surface area contributed by atoms with Crippen LogP contribution in [0.1, 0.15) is 11.1 Å². The van der Waals surface area contributed by atoms with E-state index in [1.807, 2.05) is 47.2 Å². The van der Waals surface area contributed by atoms with Crippen molar-refractivity contribution in [3.8, 4) is 17.2 Å². The molecule has 2 aromatic carbocycles. The number of para-hydroxylation sites is 1. The molecule has 3 rings (SSSR count). The van der Waals surface area contributed by atoms with E-state index in [-0.39, 0.29) is 0 Å². The van der Waals surface area contributed by atoms with Crippen LogP contribution in [0.3, 0.4) is 0 Å². The van der Waals surface area contributed by atoms with Gasteiger partial charge in [-0.2, -0.15) is 0 Å². The van der Waals surface area contributed by atoms with Gasteiger partial charge in [-0.05, 0) is 24.3 Å². The molecule has 1 aromatic heterocycles. The highest BCUT2D eigenvalue weighted by atomic mass is 79.9. The monoisotopic (exact) mass is 414 g/mol. The SMILES string of the molecule is C=C(c1ccccc1OCc1cc(OC)c(OC)cc1Br)n1ccnc1. The molecule has 0 spiro atoms. The number of rotatable bonds is 7. The highest BCUT2D eigenvalue weighted by Crippen LogP contribution is 2.34. The summed E-state index contributed by atoms with van der Waals surface area (Å²) in [5.74, 6) is 2.07. The molecule has 0 atom stereocenters. The fourth-order valence-electron chi connectivity index (χ4n) is 2.55. The molecule has 0 aliphatic carbocycles. The van der Waals surface area contributed by atoms with Crippen molar-refractivity contribution in [3.05, 3.63) is 77.3 Å². The molecule has 0 radical (unpaired) electrons. The molecule has 134 valence electrons. The average molecular weight is 415 g/mol. The third-order valence-electron chi connectivity index (χ3n) is 3.95. The lowest BCUT2D eigenvalue weighted by Gasteiger charge is -2.16. The van der Waals surface area contributed by atoms with E-state index in [0.29, 0.717) is 18.1 Å². The minimum absolute atomic E-state index is 0.370. The van der Waals surface area contributed by atoms with E-state index in [4.69, 9.17) is 14.2 Å². The van der Waals surface area contributed by atoms with Crippen molar-refractivity contribution >= 4 is 21.6 Å². The Kier molecular flexibility index (Phi) is 5.63. The Bertz CT molecular complexity index is 907. The van der Waals surface area contributed by atoms with Gasteiger partial charge in [-0.15, -0.1) is 0 Å². The second-order valence-corrected chi connectivity index (χ2v) is 6.35. The molecule has 1 heterocycles. The number of ether oxygens (including phenoxy) is 3. The summed E-state index contributed by atoms with van der Waals surface area (Å²) in [4.78, 5) is 4.07. The summed E-state index contributed by atoms with van der Waals surface area (Å²) < 4.78 is 19.5. The van der Waals surface area contributed by atoms with Crippen LogP contribution in [-0.4, -0.2) is 23.8 Å². The fourth-order valence-corrected chi connectivity index (χ4v) is 2.99. The van der Waals surface area contributed by atoms with Crippen LogP contribution in [0.4, 0.5) is 0 Å². The molecule has 0 unspecified atom stereocenters. The number of methoxy groups -OCH3 is 2. The topological polar surface area (TPSA) is 45.5 Å². The first-order valence-electron chi connectivity index (χ1n) is 7.94. The quantitative estimate of drug-likeness (QED) is 0.558. The molecule has 3 aromatic rings. The predicted molar refractivity (Wildman–Crippen MR) is 105 cm³/mol. The first-order valence-corrected chi connectivity index (χ1v) is 8.73. The minimum atomic E-state index is 0.370. The molecule has 26 heavy (non-hydrogen) atoms. The Morgan fingerprint density at radius 2 is 1.85 bits per heavy atom. The number of halogens is 1. The lowest BCUT2D eigenvalue weighted by Crippen LogP contribution is -2.02. The molecule has 0 aliphatic heterocycles. The molecule has 0 amide bonds. The molecular formula is C20H19BrN2O3. The summed E-state index contributed by atoms with van der Waals surface area (Å²) in [6.45, 7) is 4.52. The van der Waals surface area contributed by atoms with Crippen LogP contribution < -0.4 is 14.2 Å². The smallest absolute Gasteiger partial charge is 0.161 e. The fraction of sp³-hybridized carbons (Fsp3) is 0.150. The van der Waals surface area contributed by atoms with Crippen LogP contribution in [-0.2, 0) is 6.61 Å². The van der Waals surface area contributed by atoms with Crippen LogP contribution in [0.25, 0.3) is 5.70 Å². The van der Waals surface area contributed by atoms with Gasteiger partial charge in [0, 0.05) is 28.0 Å². The van der Waals surface area contributed by atoms with Crippen LogP contribution >= 0.6 is 15.9 Å². The van der Waals surface area contributed by atoms with Crippen LogP contribution in [0.5, 0.6) is 17.2 Å². The first-order chi connectivity index (χ1) is 12.6.